The maximum Gasteiger partial charge on any atom is 0.162 e. The molecule has 0 aliphatic rings. The Kier molecular flexibility index (Phi) is 4.89. The Bertz CT molecular complexity index is 939. The number of nitrogens with two attached hydrogens (primary N) is 1. The first-order valence-electron chi connectivity index (χ1n) is 7.65. The molecule has 0 bridgehead atoms. The van der Waals surface area contributed by atoms with Gasteiger partial charge in [-0.3, -0.25) is 4.98 Å². The Morgan fingerprint density at radius 1 is 0.800 bits per heavy atom. The molecule has 0 saturated heterocycles. The molecule has 6 nitrogen and oxygen atoms in total. The van der Waals surface area contributed by atoms with Crippen LogP contribution < -0.4 is 15.2 Å². The molecule has 0 amide bonds. The normalized spacial score (nSPS) is 10.2. The maximum atomic E-state index is 5.72. The van der Waals surface area contributed by atoms with E-state index in [0.29, 0.717) is 17.3 Å². The zero-order valence-electron chi connectivity index (χ0n) is 14.0. The molecule has 0 atom stereocenters. The lowest BCUT2D eigenvalue weighted by molar-refractivity contribution is 0.356. The molecule has 0 aliphatic heterocycles. The topological polar surface area (TPSA) is 83.2 Å². The molecule has 6 heteroatoms. The summed E-state index contributed by atoms with van der Waals surface area (Å²) >= 11 is 0. The molecule has 0 aliphatic carbocycles. The van der Waals surface area contributed by atoms with Crippen LogP contribution in [0.2, 0.25) is 0 Å². The quantitative estimate of drug-likeness (QED) is 0.604. The van der Waals surface area contributed by atoms with E-state index >= 15 is 0 Å². The fourth-order valence-corrected chi connectivity index (χ4v) is 2.42. The number of aromatic nitrogens is 3. The number of hydrogen-bond donors (Lipinski definition) is 1. The van der Waals surface area contributed by atoms with Crippen molar-refractivity contribution in [2.75, 3.05) is 20.0 Å². The number of hydrogen-bond acceptors (Lipinski definition) is 6. The van der Waals surface area contributed by atoms with Crippen molar-refractivity contribution in [2.24, 2.45) is 0 Å². The summed E-state index contributed by atoms with van der Waals surface area (Å²) < 4.78 is 10.3. The van der Waals surface area contributed by atoms with E-state index in [-0.39, 0.29) is 0 Å². The summed E-state index contributed by atoms with van der Waals surface area (Å²) in [5.74, 6) is 1.68. The van der Waals surface area contributed by atoms with Crippen LogP contribution in [0.1, 0.15) is 0 Å². The van der Waals surface area contributed by atoms with Crippen molar-refractivity contribution in [3.63, 3.8) is 0 Å². The van der Waals surface area contributed by atoms with Crippen LogP contribution in [0, 0.1) is 0 Å². The number of rotatable bonds is 2. The summed E-state index contributed by atoms with van der Waals surface area (Å²) in [6.45, 7) is 0. The summed E-state index contributed by atoms with van der Waals surface area (Å²) in [5.41, 5.74) is 7.52. The van der Waals surface area contributed by atoms with Gasteiger partial charge >= 0.3 is 0 Å². The van der Waals surface area contributed by atoms with Gasteiger partial charge in [0.05, 0.1) is 25.3 Å². The number of nitrogens with zero attached hydrogens (tertiary/aromatic N) is 3. The van der Waals surface area contributed by atoms with Crippen molar-refractivity contribution in [3.8, 4) is 11.5 Å². The number of pyridine rings is 1. The van der Waals surface area contributed by atoms with Crippen LogP contribution in [-0.4, -0.2) is 29.2 Å². The first-order valence-corrected chi connectivity index (χ1v) is 7.65. The number of fused-ring (bicyclic) bond motifs is 2. The van der Waals surface area contributed by atoms with Gasteiger partial charge in [0.2, 0.25) is 0 Å². The van der Waals surface area contributed by atoms with Crippen molar-refractivity contribution >= 4 is 27.6 Å². The summed E-state index contributed by atoms with van der Waals surface area (Å²) in [7, 11) is 3.15. The highest BCUT2D eigenvalue weighted by Crippen LogP contribution is 2.32. The van der Waals surface area contributed by atoms with Crippen molar-refractivity contribution in [2.45, 2.75) is 0 Å². The molecule has 4 rings (SSSR count). The minimum Gasteiger partial charge on any atom is -0.493 e. The van der Waals surface area contributed by atoms with E-state index in [1.54, 1.807) is 26.4 Å². The van der Waals surface area contributed by atoms with E-state index in [0.717, 1.165) is 16.4 Å². The summed E-state index contributed by atoms with van der Waals surface area (Å²) in [5, 5.41) is 1.96. The van der Waals surface area contributed by atoms with Gasteiger partial charge in [-0.05, 0) is 18.2 Å². The molecule has 2 aromatic carbocycles. The van der Waals surface area contributed by atoms with E-state index in [4.69, 9.17) is 15.2 Å². The summed E-state index contributed by atoms with van der Waals surface area (Å²) in [6, 6.07) is 15.6. The lowest BCUT2D eigenvalue weighted by Gasteiger charge is -2.08. The smallest absolute Gasteiger partial charge is 0.162 e. The molecule has 126 valence electrons. The molecule has 4 aromatic rings. The van der Waals surface area contributed by atoms with E-state index in [9.17, 15) is 0 Å². The molecule has 0 radical (unpaired) electrons. The Labute approximate surface area is 145 Å². The van der Waals surface area contributed by atoms with Gasteiger partial charge in [0, 0.05) is 23.0 Å². The van der Waals surface area contributed by atoms with Gasteiger partial charge in [0.25, 0.3) is 0 Å². The lowest BCUT2D eigenvalue weighted by atomic mass is 10.2. The average molecular weight is 334 g/mol. The first-order chi connectivity index (χ1) is 12.2. The number of para-hydroxylation sites is 1. The second-order valence-corrected chi connectivity index (χ2v) is 5.18. The third kappa shape index (κ3) is 3.58. The standard InChI is InChI=1S/C10H11N3O2.C9H7N/c1-14-8-3-6-7(4-9(8)15-2)12-5-13-10(6)11;1-2-6-9-8(4-1)5-3-7-10-9/h3-5H,1-2H3,(H2,11,12,13);1-7H. The molecule has 25 heavy (non-hydrogen) atoms. The van der Waals surface area contributed by atoms with Crippen LogP contribution in [0.15, 0.2) is 61.1 Å². The van der Waals surface area contributed by atoms with E-state index in [1.807, 2.05) is 30.5 Å². The molecule has 0 fully saturated rings. The lowest BCUT2D eigenvalue weighted by Crippen LogP contribution is -1.96. The highest BCUT2D eigenvalue weighted by Gasteiger charge is 2.08. The summed E-state index contributed by atoms with van der Waals surface area (Å²) in [4.78, 5) is 12.2. The molecule has 2 aromatic heterocycles. The molecule has 0 saturated carbocycles. The number of nitrogen functional groups attached to an aromatic ring is 1. The van der Waals surface area contributed by atoms with E-state index in [1.165, 1.54) is 11.7 Å². The van der Waals surface area contributed by atoms with Crippen LogP contribution in [0.4, 0.5) is 5.82 Å². The highest BCUT2D eigenvalue weighted by atomic mass is 16.5. The third-order valence-corrected chi connectivity index (χ3v) is 3.68. The second-order valence-electron chi connectivity index (χ2n) is 5.18. The van der Waals surface area contributed by atoms with Gasteiger partial charge in [-0.2, -0.15) is 0 Å². The highest BCUT2D eigenvalue weighted by molar-refractivity contribution is 5.90. The van der Waals surface area contributed by atoms with Crippen molar-refractivity contribution in [1.82, 2.24) is 15.0 Å². The number of anilines is 1. The fourth-order valence-electron chi connectivity index (χ4n) is 2.42. The SMILES string of the molecule is COc1cc2ncnc(N)c2cc1OC.c1ccc2ncccc2c1. The first kappa shape index (κ1) is 16.4. The molecular weight excluding hydrogens is 316 g/mol. The zero-order chi connectivity index (χ0) is 17.6. The Balaban J connectivity index is 0.000000157. The van der Waals surface area contributed by atoms with Crippen LogP contribution in [0.25, 0.3) is 21.8 Å². The van der Waals surface area contributed by atoms with E-state index < -0.39 is 0 Å². The Morgan fingerprint density at radius 3 is 2.28 bits per heavy atom. The maximum absolute atomic E-state index is 5.72. The van der Waals surface area contributed by atoms with Gasteiger partial charge in [-0.25, -0.2) is 9.97 Å². The number of benzene rings is 2. The van der Waals surface area contributed by atoms with Gasteiger partial charge in [-0.15, -0.1) is 0 Å². The zero-order valence-corrected chi connectivity index (χ0v) is 14.0. The van der Waals surface area contributed by atoms with Gasteiger partial charge < -0.3 is 15.2 Å². The van der Waals surface area contributed by atoms with Crippen molar-refractivity contribution in [3.05, 3.63) is 61.1 Å². The largest absolute Gasteiger partial charge is 0.493 e. The molecule has 0 unspecified atom stereocenters. The van der Waals surface area contributed by atoms with E-state index in [2.05, 4.69) is 27.1 Å². The number of methoxy groups -OCH3 is 2. The van der Waals surface area contributed by atoms with Crippen LogP contribution in [-0.2, 0) is 0 Å². The number of ether oxygens (including phenoxy) is 2. The summed E-state index contributed by atoms with van der Waals surface area (Å²) in [6.07, 6.45) is 3.23. The van der Waals surface area contributed by atoms with Gasteiger partial charge in [0.1, 0.15) is 12.1 Å². The van der Waals surface area contributed by atoms with Crippen molar-refractivity contribution in [1.29, 1.82) is 0 Å². The van der Waals surface area contributed by atoms with Crippen LogP contribution in [0.5, 0.6) is 11.5 Å². The second kappa shape index (κ2) is 7.44. The van der Waals surface area contributed by atoms with Crippen LogP contribution >= 0.6 is 0 Å². The minimum atomic E-state index is 0.431. The monoisotopic (exact) mass is 334 g/mol. The van der Waals surface area contributed by atoms with Crippen molar-refractivity contribution < 1.29 is 9.47 Å². The van der Waals surface area contributed by atoms with Gasteiger partial charge in [0.15, 0.2) is 11.5 Å². The van der Waals surface area contributed by atoms with Gasteiger partial charge in [-0.1, -0.05) is 24.3 Å². The Morgan fingerprint density at radius 2 is 1.52 bits per heavy atom. The molecule has 2 heterocycles. The predicted molar refractivity (Wildman–Crippen MR) is 98.8 cm³/mol. The molecule has 0 spiro atoms. The Hall–Kier alpha value is -3.41. The average Bonchev–Trinajstić information content (AvgIpc) is 2.68. The third-order valence-electron chi connectivity index (χ3n) is 3.68. The van der Waals surface area contributed by atoms with Crippen LogP contribution in [0.3, 0.4) is 0 Å². The molecular formula is C19H18N4O2. The predicted octanol–water partition coefficient (Wildman–Crippen LogP) is 3.46. The molecule has 2 N–H and O–H groups in total. The fraction of sp³-hybridized carbons (Fsp3) is 0.105. The minimum absolute atomic E-state index is 0.431.